The number of phenols is 1. The molecular formula is C21H26N2O2. The van der Waals surface area contributed by atoms with Gasteiger partial charge in [0.05, 0.1) is 0 Å². The Kier molecular flexibility index (Phi) is 6.07. The number of para-hydroxylation sites is 1. The first-order valence-corrected chi connectivity index (χ1v) is 9.03. The fourth-order valence-electron chi connectivity index (χ4n) is 3.27. The van der Waals surface area contributed by atoms with Crippen molar-refractivity contribution in [3.8, 4) is 5.75 Å². The molecule has 0 bridgehead atoms. The summed E-state index contributed by atoms with van der Waals surface area (Å²) in [5.41, 5.74) is 2.21. The number of carbonyl (C=O) groups excluding carboxylic acids is 1. The van der Waals surface area contributed by atoms with Crippen LogP contribution in [-0.4, -0.2) is 53.5 Å². The molecule has 4 nitrogen and oxygen atoms in total. The Morgan fingerprint density at radius 3 is 2.28 bits per heavy atom. The van der Waals surface area contributed by atoms with Crippen molar-refractivity contribution >= 4 is 5.91 Å². The number of nitrogens with zero attached hydrogens (tertiary/aromatic N) is 2. The van der Waals surface area contributed by atoms with E-state index in [2.05, 4.69) is 29.2 Å². The summed E-state index contributed by atoms with van der Waals surface area (Å²) >= 11 is 0. The van der Waals surface area contributed by atoms with Crippen LogP contribution in [0.2, 0.25) is 0 Å². The van der Waals surface area contributed by atoms with Gasteiger partial charge >= 0.3 is 0 Å². The van der Waals surface area contributed by atoms with Crippen molar-refractivity contribution in [3.63, 3.8) is 0 Å². The summed E-state index contributed by atoms with van der Waals surface area (Å²) in [5, 5.41) is 9.79. The number of hydrogen-bond acceptors (Lipinski definition) is 3. The molecule has 1 N–H and O–H groups in total. The number of hydrogen-bond donors (Lipinski definition) is 1. The van der Waals surface area contributed by atoms with Crippen LogP contribution >= 0.6 is 0 Å². The van der Waals surface area contributed by atoms with Crippen LogP contribution < -0.4 is 0 Å². The van der Waals surface area contributed by atoms with Crippen molar-refractivity contribution in [2.75, 3.05) is 32.7 Å². The summed E-state index contributed by atoms with van der Waals surface area (Å²) in [4.78, 5) is 16.8. The summed E-state index contributed by atoms with van der Waals surface area (Å²) in [6.07, 6.45) is 2.11. The van der Waals surface area contributed by atoms with Gasteiger partial charge in [0.15, 0.2) is 0 Å². The van der Waals surface area contributed by atoms with Gasteiger partial charge in [-0.05, 0) is 30.0 Å². The molecule has 0 aromatic heterocycles. The van der Waals surface area contributed by atoms with Gasteiger partial charge < -0.3 is 10.0 Å². The molecule has 4 heteroatoms. The van der Waals surface area contributed by atoms with Crippen LogP contribution in [0, 0.1) is 0 Å². The Hall–Kier alpha value is -2.33. The number of rotatable bonds is 6. The second-order valence-electron chi connectivity index (χ2n) is 6.59. The summed E-state index contributed by atoms with van der Waals surface area (Å²) in [7, 11) is 0. The first-order chi connectivity index (χ1) is 12.2. The van der Waals surface area contributed by atoms with Crippen LogP contribution in [0.4, 0.5) is 0 Å². The predicted octanol–water partition coefficient (Wildman–Crippen LogP) is 2.71. The molecule has 0 atom stereocenters. The van der Waals surface area contributed by atoms with Gasteiger partial charge in [0, 0.05) is 39.1 Å². The van der Waals surface area contributed by atoms with Gasteiger partial charge in [-0.1, -0.05) is 48.5 Å². The standard InChI is InChI=1S/C21H26N2O2/c24-20-9-5-4-8-19(20)10-11-21(25)23-16-14-22(15-17-23)13-12-18-6-2-1-3-7-18/h1-9,24H,10-17H2. The maximum Gasteiger partial charge on any atom is 0.222 e. The van der Waals surface area contributed by atoms with E-state index in [0.717, 1.165) is 44.7 Å². The molecule has 2 aromatic carbocycles. The van der Waals surface area contributed by atoms with E-state index < -0.39 is 0 Å². The van der Waals surface area contributed by atoms with E-state index in [1.807, 2.05) is 23.1 Å². The van der Waals surface area contributed by atoms with Gasteiger partial charge in [0.25, 0.3) is 0 Å². The number of aromatic hydroxyl groups is 1. The predicted molar refractivity (Wildman–Crippen MR) is 99.6 cm³/mol. The zero-order valence-corrected chi connectivity index (χ0v) is 14.6. The Labute approximate surface area is 149 Å². The fourth-order valence-corrected chi connectivity index (χ4v) is 3.27. The molecule has 1 fully saturated rings. The molecule has 0 aliphatic carbocycles. The SMILES string of the molecule is O=C(CCc1ccccc1O)N1CCN(CCc2ccccc2)CC1. The van der Waals surface area contributed by atoms with Crippen LogP contribution in [0.5, 0.6) is 5.75 Å². The molecule has 3 rings (SSSR count). The molecule has 1 heterocycles. The normalized spacial score (nSPS) is 15.3. The third-order valence-electron chi connectivity index (χ3n) is 4.88. The first kappa shape index (κ1) is 17.5. The smallest absolute Gasteiger partial charge is 0.222 e. The Morgan fingerprint density at radius 2 is 1.56 bits per heavy atom. The Balaban J connectivity index is 1.39. The zero-order chi connectivity index (χ0) is 17.5. The van der Waals surface area contributed by atoms with Gasteiger partial charge in [-0.15, -0.1) is 0 Å². The molecule has 1 aliphatic rings. The quantitative estimate of drug-likeness (QED) is 0.881. The minimum Gasteiger partial charge on any atom is -0.508 e. The monoisotopic (exact) mass is 338 g/mol. The van der Waals surface area contributed by atoms with Gasteiger partial charge in [-0.25, -0.2) is 0 Å². The molecule has 1 saturated heterocycles. The minimum atomic E-state index is 0.186. The van der Waals surface area contributed by atoms with Crippen molar-refractivity contribution in [2.24, 2.45) is 0 Å². The summed E-state index contributed by atoms with van der Waals surface area (Å²) in [6, 6.07) is 17.8. The van der Waals surface area contributed by atoms with Crippen molar-refractivity contribution in [2.45, 2.75) is 19.3 Å². The second kappa shape index (κ2) is 8.67. The summed E-state index contributed by atoms with van der Waals surface area (Å²) in [6.45, 7) is 4.52. The number of aryl methyl sites for hydroxylation is 1. The van der Waals surface area contributed by atoms with Gasteiger partial charge in [0.1, 0.15) is 5.75 Å². The zero-order valence-electron chi connectivity index (χ0n) is 14.6. The lowest BCUT2D eigenvalue weighted by molar-refractivity contribution is -0.132. The van der Waals surface area contributed by atoms with Crippen LogP contribution in [0.25, 0.3) is 0 Å². The molecule has 25 heavy (non-hydrogen) atoms. The maximum atomic E-state index is 12.4. The van der Waals surface area contributed by atoms with Crippen LogP contribution in [0.15, 0.2) is 54.6 Å². The van der Waals surface area contributed by atoms with E-state index in [1.54, 1.807) is 12.1 Å². The summed E-state index contributed by atoms with van der Waals surface area (Å²) in [5.74, 6) is 0.465. The number of phenolic OH excluding ortho intramolecular Hbond substituents is 1. The van der Waals surface area contributed by atoms with E-state index in [1.165, 1.54) is 5.56 Å². The van der Waals surface area contributed by atoms with Gasteiger partial charge in [-0.3, -0.25) is 9.69 Å². The van der Waals surface area contributed by atoms with Gasteiger partial charge in [-0.2, -0.15) is 0 Å². The molecule has 132 valence electrons. The molecule has 0 saturated carbocycles. The van der Waals surface area contributed by atoms with E-state index in [4.69, 9.17) is 0 Å². The Morgan fingerprint density at radius 1 is 0.880 bits per heavy atom. The molecule has 0 unspecified atom stereocenters. The van der Waals surface area contributed by atoms with Crippen LogP contribution in [0.3, 0.4) is 0 Å². The molecule has 1 aliphatic heterocycles. The van der Waals surface area contributed by atoms with E-state index in [-0.39, 0.29) is 11.7 Å². The molecule has 0 spiro atoms. The molecular weight excluding hydrogens is 312 g/mol. The number of piperazine rings is 1. The molecule has 1 amide bonds. The van der Waals surface area contributed by atoms with Crippen molar-refractivity contribution in [1.82, 2.24) is 9.80 Å². The van der Waals surface area contributed by atoms with Crippen LogP contribution in [-0.2, 0) is 17.6 Å². The van der Waals surface area contributed by atoms with E-state index >= 15 is 0 Å². The minimum absolute atomic E-state index is 0.186. The highest BCUT2D eigenvalue weighted by atomic mass is 16.3. The molecule has 0 radical (unpaired) electrons. The lowest BCUT2D eigenvalue weighted by atomic mass is 10.1. The second-order valence-corrected chi connectivity index (χ2v) is 6.59. The number of carbonyl (C=O) groups is 1. The van der Waals surface area contributed by atoms with Crippen molar-refractivity contribution in [3.05, 3.63) is 65.7 Å². The largest absolute Gasteiger partial charge is 0.508 e. The topological polar surface area (TPSA) is 43.8 Å². The Bertz CT molecular complexity index is 679. The third-order valence-corrected chi connectivity index (χ3v) is 4.88. The molecule has 2 aromatic rings. The maximum absolute atomic E-state index is 12.4. The summed E-state index contributed by atoms with van der Waals surface area (Å²) < 4.78 is 0. The van der Waals surface area contributed by atoms with Crippen molar-refractivity contribution < 1.29 is 9.90 Å². The third kappa shape index (κ3) is 5.07. The fraction of sp³-hybridized carbons (Fsp3) is 0.381. The van der Waals surface area contributed by atoms with E-state index in [9.17, 15) is 9.90 Å². The first-order valence-electron chi connectivity index (χ1n) is 9.03. The highest BCUT2D eigenvalue weighted by Crippen LogP contribution is 2.18. The van der Waals surface area contributed by atoms with Crippen molar-refractivity contribution in [1.29, 1.82) is 0 Å². The van der Waals surface area contributed by atoms with Crippen LogP contribution in [0.1, 0.15) is 17.5 Å². The number of amides is 1. The highest BCUT2D eigenvalue weighted by Gasteiger charge is 2.20. The lowest BCUT2D eigenvalue weighted by Gasteiger charge is -2.34. The average molecular weight is 338 g/mol. The number of benzene rings is 2. The van der Waals surface area contributed by atoms with E-state index in [0.29, 0.717) is 12.8 Å². The van der Waals surface area contributed by atoms with Gasteiger partial charge in [0.2, 0.25) is 5.91 Å². The lowest BCUT2D eigenvalue weighted by Crippen LogP contribution is -2.49. The average Bonchev–Trinajstić information content (AvgIpc) is 2.67. The highest BCUT2D eigenvalue weighted by molar-refractivity contribution is 5.76.